The molecule has 0 atom stereocenters. The Kier molecular flexibility index (Phi) is 6.75. The third-order valence-electron chi connectivity index (χ3n) is 5.82. The minimum atomic E-state index is -0.895. The summed E-state index contributed by atoms with van der Waals surface area (Å²) in [5, 5.41) is 15.3. The van der Waals surface area contributed by atoms with E-state index in [0.29, 0.717) is 29.6 Å². The maximum absolute atomic E-state index is 12.5. The first-order valence-electron chi connectivity index (χ1n) is 10.8. The summed E-state index contributed by atoms with van der Waals surface area (Å²) in [4.78, 5) is 27.5. The Bertz CT molecular complexity index is 1080. The molecule has 0 unspecified atom stereocenters. The van der Waals surface area contributed by atoms with Gasteiger partial charge in [-0.05, 0) is 60.8 Å². The van der Waals surface area contributed by atoms with Gasteiger partial charge in [0, 0.05) is 18.1 Å². The molecule has 164 valence electrons. The van der Waals surface area contributed by atoms with Gasteiger partial charge in [0.05, 0.1) is 0 Å². The average Bonchev–Trinajstić information content (AvgIpc) is 3.25. The standard InChI is InChI=1S/C25H25N3O4/c29-23(30)15-8-17-6-9-19(10-7-17)20-11-13-21(14-12-20)24(31)27-25-26-22(28-32-25)16-18-4-2-1-3-5-18/h1-5,8,11-15,17,19H,6-7,9-10,16H2,(H,29,30)(H,26,27,28,31)/b15-8+. The van der Waals surface area contributed by atoms with Crippen molar-refractivity contribution in [3.05, 3.63) is 89.3 Å². The Balaban J connectivity index is 1.31. The van der Waals surface area contributed by atoms with Gasteiger partial charge in [-0.1, -0.05) is 53.7 Å². The van der Waals surface area contributed by atoms with Crippen molar-refractivity contribution in [1.29, 1.82) is 0 Å². The molecular weight excluding hydrogens is 406 g/mol. The summed E-state index contributed by atoms with van der Waals surface area (Å²) >= 11 is 0. The average molecular weight is 431 g/mol. The fourth-order valence-electron chi connectivity index (χ4n) is 4.09. The van der Waals surface area contributed by atoms with Crippen molar-refractivity contribution in [3.8, 4) is 0 Å². The van der Waals surface area contributed by atoms with Gasteiger partial charge in [0.25, 0.3) is 5.91 Å². The molecule has 7 nitrogen and oxygen atoms in total. The van der Waals surface area contributed by atoms with Crippen LogP contribution >= 0.6 is 0 Å². The third kappa shape index (κ3) is 5.69. The Morgan fingerprint density at radius 3 is 2.44 bits per heavy atom. The number of rotatable bonds is 7. The molecule has 1 saturated carbocycles. The van der Waals surface area contributed by atoms with E-state index >= 15 is 0 Å². The van der Waals surface area contributed by atoms with Crippen molar-refractivity contribution in [2.45, 2.75) is 38.0 Å². The predicted octanol–water partition coefficient (Wildman–Crippen LogP) is 4.83. The molecule has 3 aromatic rings. The van der Waals surface area contributed by atoms with Gasteiger partial charge in [0.1, 0.15) is 0 Å². The molecule has 1 aliphatic rings. The van der Waals surface area contributed by atoms with Crippen molar-refractivity contribution in [2.75, 3.05) is 5.32 Å². The number of allylic oxidation sites excluding steroid dienone is 1. The maximum Gasteiger partial charge on any atom is 0.328 e. The van der Waals surface area contributed by atoms with Crippen LogP contribution in [-0.4, -0.2) is 27.1 Å². The summed E-state index contributed by atoms with van der Waals surface area (Å²) in [5.41, 5.74) is 2.79. The van der Waals surface area contributed by atoms with Crippen molar-refractivity contribution >= 4 is 17.9 Å². The van der Waals surface area contributed by atoms with Crippen LogP contribution in [0.1, 0.15) is 58.9 Å². The highest BCUT2D eigenvalue weighted by molar-refractivity contribution is 6.03. The molecule has 1 heterocycles. The highest BCUT2D eigenvalue weighted by Gasteiger charge is 2.21. The van der Waals surface area contributed by atoms with Gasteiger partial charge in [-0.2, -0.15) is 4.98 Å². The zero-order chi connectivity index (χ0) is 22.3. The lowest BCUT2D eigenvalue weighted by Gasteiger charge is -2.27. The number of carbonyl (C=O) groups is 2. The van der Waals surface area contributed by atoms with Crippen molar-refractivity contribution in [3.63, 3.8) is 0 Å². The molecule has 4 rings (SSSR count). The minimum Gasteiger partial charge on any atom is -0.478 e. The van der Waals surface area contributed by atoms with Gasteiger partial charge in [0.2, 0.25) is 0 Å². The first-order valence-corrected chi connectivity index (χ1v) is 10.8. The van der Waals surface area contributed by atoms with E-state index in [4.69, 9.17) is 9.63 Å². The number of benzene rings is 2. The molecular formula is C25H25N3O4. The molecule has 0 aliphatic heterocycles. The quantitative estimate of drug-likeness (QED) is 0.519. The molecule has 0 radical (unpaired) electrons. The van der Waals surface area contributed by atoms with Gasteiger partial charge in [-0.15, -0.1) is 0 Å². The second kappa shape index (κ2) is 10.0. The van der Waals surface area contributed by atoms with Gasteiger partial charge in [-0.25, -0.2) is 4.79 Å². The monoisotopic (exact) mass is 431 g/mol. The van der Waals surface area contributed by atoms with Crippen LogP contribution in [0, 0.1) is 5.92 Å². The van der Waals surface area contributed by atoms with Crippen molar-refractivity contribution < 1.29 is 19.2 Å². The zero-order valence-corrected chi connectivity index (χ0v) is 17.6. The Hall–Kier alpha value is -3.74. The number of carbonyl (C=O) groups excluding carboxylic acids is 1. The molecule has 0 spiro atoms. The molecule has 1 aliphatic carbocycles. The number of nitrogens with zero attached hydrogens (tertiary/aromatic N) is 2. The maximum atomic E-state index is 12.5. The summed E-state index contributed by atoms with van der Waals surface area (Å²) < 4.78 is 5.16. The third-order valence-corrected chi connectivity index (χ3v) is 5.82. The van der Waals surface area contributed by atoms with Crippen LogP contribution in [0.15, 0.2) is 71.3 Å². The molecule has 2 aromatic carbocycles. The van der Waals surface area contributed by atoms with Crippen LogP contribution in [0.4, 0.5) is 6.01 Å². The van der Waals surface area contributed by atoms with Crippen LogP contribution in [-0.2, 0) is 11.2 Å². The first kappa shape index (κ1) is 21.5. The van der Waals surface area contributed by atoms with E-state index in [0.717, 1.165) is 31.2 Å². The smallest absolute Gasteiger partial charge is 0.328 e. The first-order chi connectivity index (χ1) is 15.6. The van der Waals surface area contributed by atoms with E-state index in [9.17, 15) is 9.59 Å². The van der Waals surface area contributed by atoms with Crippen LogP contribution in [0.3, 0.4) is 0 Å². The predicted molar refractivity (Wildman–Crippen MR) is 119 cm³/mol. The number of hydrogen-bond acceptors (Lipinski definition) is 5. The summed E-state index contributed by atoms with van der Waals surface area (Å²) in [5.74, 6) is 0.0743. The van der Waals surface area contributed by atoms with Crippen LogP contribution in [0.5, 0.6) is 0 Å². The Morgan fingerprint density at radius 1 is 1.03 bits per heavy atom. The summed E-state index contributed by atoms with van der Waals surface area (Å²) in [7, 11) is 0. The number of anilines is 1. The van der Waals surface area contributed by atoms with Gasteiger partial charge >= 0.3 is 12.0 Å². The SMILES string of the molecule is O=C(O)/C=C/C1CCC(c2ccc(C(=O)Nc3nc(Cc4ccccc4)no3)cc2)CC1. The number of aliphatic carboxylic acids is 1. The van der Waals surface area contributed by atoms with E-state index in [2.05, 4.69) is 15.5 Å². The lowest BCUT2D eigenvalue weighted by atomic mass is 9.78. The minimum absolute atomic E-state index is 0.0812. The van der Waals surface area contributed by atoms with Crippen LogP contribution in [0.2, 0.25) is 0 Å². The lowest BCUT2D eigenvalue weighted by molar-refractivity contribution is -0.131. The second-order valence-corrected chi connectivity index (χ2v) is 8.06. The number of aromatic nitrogens is 2. The molecule has 7 heteroatoms. The van der Waals surface area contributed by atoms with Crippen molar-refractivity contribution in [1.82, 2.24) is 10.1 Å². The normalized spacial score (nSPS) is 18.5. The molecule has 1 fully saturated rings. The van der Waals surface area contributed by atoms with E-state index in [1.807, 2.05) is 54.6 Å². The highest BCUT2D eigenvalue weighted by atomic mass is 16.5. The molecule has 32 heavy (non-hydrogen) atoms. The lowest BCUT2D eigenvalue weighted by Crippen LogP contribution is -2.14. The molecule has 1 amide bonds. The van der Waals surface area contributed by atoms with E-state index in [-0.39, 0.29) is 11.9 Å². The van der Waals surface area contributed by atoms with Crippen molar-refractivity contribution in [2.24, 2.45) is 5.92 Å². The number of carboxylic acids is 1. The fourth-order valence-corrected chi connectivity index (χ4v) is 4.09. The van der Waals surface area contributed by atoms with E-state index in [1.165, 1.54) is 11.6 Å². The number of hydrogen-bond donors (Lipinski definition) is 2. The van der Waals surface area contributed by atoms with E-state index in [1.54, 1.807) is 6.08 Å². The second-order valence-electron chi connectivity index (χ2n) is 8.06. The number of carboxylic acid groups (broad SMARTS) is 1. The number of amides is 1. The topological polar surface area (TPSA) is 105 Å². The zero-order valence-electron chi connectivity index (χ0n) is 17.6. The van der Waals surface area contributed by atoms with Crippen LogP contribution in [0.25, 0.3) is 0 Å². The highest BCUT2D eigenvalue weighted by Crippen LogP contribution is 2.36. The molecule has 0 bridgehead atoms. The summed E-state index contributed by atoms with van der Waals surface area (Å²) in [6.45, 7) is 0. The Morgan fingerprint density at radius 2 is 1.75 bits per heavy atom. The fraction of sp³-hybridized carbons (Fsp3) is 0.280. The number of nitrogens with one attached hydrogen (secondary N) is 1. The van der Waals surface area contributed by atoms with Gasteiger partial charge in [0.15, 0.2) is 5.82 Å². The molecule has 2 N–H and O–H groups in total. The largest absolute Gasteiger partial charge is 0.478 e. The summed E-state index contributed by atoms with van der Waals surface area (Å²) in [6, 6.07) is 17.5. The molecule has 0 saturated heterocycles. The van der Waals surface area contributed by atoms with Crippen LogP contribution < -0.4 is 5.32 Å². The molecule has 1 aromatic heterocycles. The summed E-state index contributed by atoms with van der Waals surface area (Å²) in [6.07, 6.45) is 7.53. The van der Waals surface area contributed by atoms with Gasteiger partial charge in [-0.3, -0.25) is 10.1 Å². The van der Waals surface area contributed by atoms with E-state index < -0.39 is 5.97 Å². The Labute approximate surface area is 186 Å². The van der Waals surface area contributed by atoms with Gasteiger partial charge < -0.3 is 9.63 Å².